The first-order valence-corrected chi connectivity index (χ1v) is 8.73. The average Bonchev–Trinajstić information content (AvgIpc) is 2.71. The van der Waals surface area contributed by atoms with E-state index in [1.165, 1.54) is 5.56 Å². The largest absolute Gasteiger partial charge is 0.283 e. The molecule has 0 atom stereocenters. The highest BCUT2D eigenvalue weighted by molar-refractivity contribution is 5.85. The van der Waals surface area contributed by atoms with Gasteiger partial charge < -0.3 is 0 Å². The van der Waals surface area contributed by atoms with Gasteiger partial charge in [0.05, 0.1) is 0 Å². The molecule has 0 aliphatic heterocycles. The number of benzene rings is 3. The molecule has 0 aliphatic carbocycles. The first-order chi connectivity index (χ1) is 12.8. The van der Waals surface area contributed by atoms with Crippen molar-refractivity contribution in [1.82, 2.24) is 4.57 Å². The molecule has 0 bridgehead atoms. The Morgan fingerprint density at radius 2 is 1.35 bits per heavy atom. The normalized spacial score (nSPS) is 11.2. The summed E-state index contributed by atoms with van der Waals surface area (Å²) in [5.41, 5.74) is 3.21. The lowest BCUT2D eigenvalue weighted by Gasteiger charge is -2.11. The zero-order valence-corrected chi connectivity index (χ0v) is 14.4. The first-order valence-electron chi connectivity index (χ1n) is 8.73. The third kappa shape index (κ3) is 3.22. The molecule has 0 spiro atoms. The molecule has 0 saturated heterocycles. The number of aromatic nitrogens is 1. The molecule has 1 heterocycles. The molecule has 126 valence electrons. The maximum Gasteiger partial charge on any atom is 0.262 e. The molecule has 0 unspecified atom stereocenters. The minimum absolute atomic E-state index is 0.0163. The molecule has 0 fully saturated rings. The van der Waals surface area contributed by atoms with Crippen LogP contribution in [0.15, 0.2) is 102 Å². The summed E-state index contributed by atoms with van der Waals surface area (Å²) in [6, 6.07) is 27.9. The highest BCUT2D eigenvalue weighted by atomic mass is 16.1. The van der Waals surface area contributed by atoms with Gasteiger partial charge in [-0.05, 0) is 41.1 Å². The fourth-order valence-electron chi connectivity index (χ4n) is 3.19. The van der Waals surface area contributed by atoms with Gasteiger partial charge in [-0.1, -0.05) is 78.9 Å². The summed E-state index contributed by atoms with van der Waals surface area (Å²) in [6.45, 7) is 0. The third-order valence-electron chi connectivity index (χ3n) is 4.49. The van der Waals surface area contributed by atoms with E-state index >= 15 is 0 Å². The highest BCUT2D eigenvalue weighted by Crippen LogP contribution is 2.19. The summed E-state index contributed by atoms with van der Waals surface area (Å²) in [6.07, 6.45) is 7.00. The fraction of sp³-hybridized carbons (Fsp3) is 0.0417. The van der Waals surface area contributed by atoms with Gasteiger partial charge in [0.1, 0.15) is 0 Å². The molecule has 2 heteroatoms. The number of allylic oxidation sites excluding steroid dienone is 1. The van der Waals surface area contributed by atoms with Crippen LogP contribution in [0.5, 0.6) is 0 Å². The number of nitrogens with zero attached hydrogens (tertiary/aromatic N) is 1. The van der Waals surface area contributed by atoms with Crippen LogP contribution < -0.4 is 5.56 Å². The second kappa shape index (κ2) is 7.24. The third-order valence-corrected chi connectivity index (χ3v) is 4.49. The lowest BCUT2D eigenvalue weighted by Crippen LogP contribution is -2.19. The van der Waals surface area contributed by atoms with Crippen molar-refractivity contribution in [3.63, 3.8) is 0 Å². The highest BCUT2D eigenvalue weighted by Gasteiger charge is 2.08. The van der Waals surface area contributed by atoms with E-state index in [-0.39, 0.29) is 5.56 Å². The van der Waals surface area contributed by atoms with E-state index in [0.29, 0.717) is 0 Å². The van der Waals surface area contributed by atoms with E-state index in [1.54, 1.807) is 4.57 Å². The number of rotatable bonds is 4. The van der Waals surface area contributed by atoms with Crippen molar-refractivity contribution in [3.05, 3.63) is 119 Å². The number of para-hydroxylation sites is 1. The van der Waals surface area contributed by atoms with E-state index in [2.05, 4.69) is 24.3 Å². The molecule has 0 aliphatic rings. The van der Waals surface area contributed by atoms with Gasteiger partial charge in [0, 0.05) is 17.3 Å². The lowest BCUT2D eigenvalue weighted by atomic mass is 10.0. The maximum absolute atomic E-state index is 12.9. The van der Waals surface area contributed by atoms with Gasteiger partial charge in [0.15, 0.2) is 0 Å². The van der Waals surface area contributed by atoms with Gasteiger partial charge in [-0.2, -0.15) is 0 Å². The smallest absolute Gasteiger partial charge is 0.262 e. The fourth-order valence-corrected chi connectivity index (χ4v) is 3.19. The summed E-state index contributed by atoms with van der Waals surface area (Å²) in [7, 11) is 0. The van der Waals surface area contributed by atoms with E-state index in [1.807, 2.05) is 79.0 Å². The number of pyridine rings is 1. The molecule has 0 N–H and O–H groups in total. The van der Waals surface area contributed by atoms with E-state index in [9.17, 15) is 4.79 Å². The SMILES string of the molecule is O=c1c2ccccc2c(C/C=C/c2ccccc2)cn1-c1ccccc1. The van der Waals surface area contributed by atoms with Crippen LogP contribution >= 0.6 is 0 Å². The van der Waals surface area contributed by atoms with Crippen molar-refractivity contribution >= 4 is 16.8 Å². The maximum atomic E-state index is 12.9. The van der Waals surface area contributed by atoms with Gasteiger partial charge in [0.25, 0.3) is 5.56 Å². The average molecular weight is 337 g/mol. The summed E-state index contributed by atoms with van der Waals surface area (Å²) in [4.78, 5) is 12.9. The molecule has 4 rings (SSSR count). The molecular formula is C24H19NO. The van der Waals surface area contributed by atoms with E-state index < -0.39 is 0 Å². The van der Waals surface area contributed by atoms with Crippen LogP contribution in [0.25, 0.3) is 22.5 Å². The molecule has 0 radical (unpaired) electrons. The van der Waals surface area contributed by atoms with Crippen molar-refractivity contribution in [2.45, 2.75) is 6.42 Å². The molecule has 26 heavy (non-hydrogen) atoms. The molecule has 1 aromatic heterocycles. The van der Waals surface area contributed by atoms with Crippen LogP contribution in [0.2, 0.25) is 0 Å². The van der Waals surface area contributed by atoms with Gasteiger partial charge >= 0.3 is 0 Å². The minimum atomic E-state index is 0.0163. The molecule has 2 nitrogen and oxygen atoms in total. The van der Waals surface area contributed by atoms with Crippen molar-refractivity contribution in [1.29, 1.82) is 0 Å². The second-order valence-electron chi connectivity index (χ2n) is 6.23. The van der Waals surface area contributed by atoms with E-state index in [4.69, 9.17) is 0 Å². The lowest BCUT2D eigenvalue weighted by molar-refractivity contribution is 0.987. The topological polar surface area (TPSA) is 22.0 Å². The Labute approximate surface area is 152 Å². The Morgan fingerprint density at radius 3 is 2.08 bits per heavy atom. The predicted octanol–water partition coefficient (Wildman–Crippen LogP) is 5.25. The van der Waals surface area contributed by atoms with Gasteiger partial charge in [0.2, 0.25) is 0 Å². The number of fused-ring (bicyclic) bond motifs is 1. The zero-order chi connectivity index (χ0) is 17.8. The molecular weight excluding hydrogens is 318 g/mol. The molecule has 0 amide bonds. The van der Waals surface area contributed by atoms with Gasteiger partial charge in [-0.3, -0.25) is 9.36 Å². The van der Waals surface area contributed by atoms with Crippen molar-refractivity contribution in [2.75, 3.05) is 0 Å². The van der Waals surface area contributed by atoms with Crippen LogP contribution in [0, 0.1) is 0 Å². The Kier molecular flexibility index (Phi) is 4.48. The molecule has 4 aromatic rings. The Balaban J connectivity index is 1.80. The first kappa shape index (κ1) is 16.1. The summed E-state index contributed by atoms with van der Waals surface area (Å²) < 4.78 is 1.74. The van der Waals surface area contributed by atoms with Crippen LogP contribution in [-0.4, -0.2) is 4.57 Å². The van der Waals surface area contributed by atoms with Crippen LogP contribution in [0.1, 0.15) is 11.1 Å². The van der Waals surface area contributed by atoms with Gasteiger partial charge in [-0.25, -0.2) is 0 Å². The van der Waals surface area contributed by atoms with Crippen molar-refractivity contribution < 1.29 is 0 Å². The van der Waals surface area contributed by atoms with Crippen LogP contribution in [-0.2, 0) is 6.42 Å². The standard InChI is InChI=1S/C24H19NO/c26-24-23-17-8-7-16-22(23)20(13-9-12-19-10-3-1-4-11-19)18-25(24)21-14-5-2-6-15-21/h1-12,14-18H,13H2/b12-9+. The Bertz CT molecular complexity index is 1110. The quantitative estimate of drug-likeness (QED) is 0.499. The summed E-state index contributed by atoms with van der Waals surface area (Å²) in [5.74, 6) is 0. The predicted molar refractivity (Wildman–Crippen MR) is 109 cm³/mol. The number of hydrogen-bond acceptors (Lipinski definition) is 1. The summed E-state index contributed by atoms with van der Waals surface area (Å²) >= 11 is 0. The van der Waals surface area contributed by atoms with Crippen molar-refractivity contribution in [3.8, 4) is 5.69 Å². The monoisotopic (exact) mass is 337 g/mol. The van der Waals surface area contributed by atoms with Crippen molar-refractivity contribution in [2.24, 2.45) is 0 Å². The van der Waals surface area contributed by atoms with E-state index in [0.717, 1.165) is 28.4 Å². The number of hydrogen-bond donors (Lipinski definition) is 0. The van der Waals surface area contributed by atoms with Crippen LogP contribution in [0.3, 0.4) is 0 Å². The summed E-state index contributed by atoms with van der Waals surface area (Å²) in [5, 5.41) is 1.77. The molecule has 0 saturated carbocycles. The Morgan fingerprint density at radius 1 is 0.731 bits per heavy atom. The second-order valence-corrected chi connectivity index (χ2v) is 6.23. The van der Waals surface area contributed by atoms with Gasteiger partial charge in [-0.15, -0.1) is 0 Å². The minimum Gasteiger partial charge on any atom is -0.283 e. The Hall–Kier alpha value is -3.39. The molecule has 3 aromatic carbocycles. The van der Waals surface area contributed by atoms with Crippen LogP contribution in [0.4, 0.5) is 0 Å². The zero-order valence-electron chi connectivity index (χ0n) is 14.4.